The maximum absolute atomic E-state index is 13.1. The molecule has 382 valence electrons. The summed E-state index contributed by atoms with van der Waals surface area (Å²) in [5.74, 6) is -0.273. The summed E-state index contributed by atoms with van der Waals surface area (Å²) in [6.07, 6.45) is 43.3. The number of aliphatic hydroxyl groups is 4. The van der Waals surface area contributed by atoms with E-state index >= 15 is 0 Å². The Morgan fingerprint density at radius 3 is 1.46 bits per heavy atom. The predicted molar refractivity (Wildman–Crippen MR) is 264 cm³/mol. The van der Waals surface area contributed by atoms with Crippen LogP contribution in [0.15, 0.2) is 36.5 Å². The maximum Gasteiger partial charge on any atom is 0.397 e. The average molecular weight is 944 g/mol. The van der Waals surface area contributed by atoms with Crippen LogP contribution in [0.5, 0.6) is 0 Å². The first kappa shape index (κ1) is 61.3. The summed E-state index contributed by atoms with van der Waals surface area (Å²) in [6, 6.07) is -0.950. The van der Waals surface area contributed by atoms with Crippen molar-refractivity contribution >= 4 is 16.3 Å². The molecule has 1 aliphatic rings. The van der Waals surface area contributed by atoms with E-state index in [1.165, 1.54) is 141 Å². The second-order valence-electron chi connectivity index (χ2n) is 18.5. The molecule has 0 spiro atoms. The van der Waals surface area contributed by atoms with Crippen LogP contribution in [-0.2, 0) is 28.9 Å². The van der Waals surface area contributed by atoms with Crippen LogP contribution in [0.4, 0.5) is 0 Å². The molecule has 1 amide bonds. The second-order valence-corrected chi connectivity index (χ2v) is 19.5. The van der Waals surface area contributed by atoms with Crippen molar-refractivity contribution in [3.63, 3.8) is 0 Å². The van der Waals surface area contributed by atoms with Crippen molar-refractivity contribution in [3.05, 3.63) is 36.5 Å². The molecule has 1 rings (SSSR count). The van der Waals surface area contributed by atoms with Crippen LogP contribution in [0.2, 0.25) is 0 Å². The number of aliphatic hydroxyl groups excluding tert-OH is 4. The fourth-order valence-electron chi connectivity index (χ4n) is 8.33. The van der Waals surface area contributed by atoms with Gasteiger partial charge in [-0.2, -0.15) is 8.42 Å². The third kappa shape index (κ3) is 35.1. The van der Waals surface area contributed by atoms with Gasteiger partial charge < -0.3 is 35.2 Å². The lowest BCUT2D eigenvalue weighted by molar-refractivity contribution is -0.298. The van der Waals surface area contributed by atoms with Crippen LogP contribution in [0.1, 0.15) is 232 Å². The van der Waals surface area contributed by atoms with Gasteiger partial charge in [-0.15, -0.1) is 0 Å². The molecule has 1 fully saturated rings. The summed E-state index contributed by atoms with van der Waals surface area (Å²) in [7, 11) is -5.09. The highest BCUT2D eigenvalue weighted by molar-refractivity contribution is 7.80. The molecule has 1 aliphatic heterocycles. The summed E-state index contributed by atoms with van der Waals surface area (Å²) in [4.78, 5) is 13.1. The van der Waals surface area contributed by atoms with Crippen molar-refractivity contribution in [2.24, 2.45) is 0 Å². The van der Waals surface area contributed by atoms with Gasteiger partial charge in [0.25, 0.3) is 0 Å². The number of ether oxygens (including phenoxy) is 2. The van der Waals surface area contributed by atoms with Gasteiger partial charge in [0.05, 0.1) is 25.4 Å². The van der Waals surface area contributed by atoms with Crippen molar-refractivity contribution in [1.29, 1.82) is 0 Å². The zero-order valence-electron chi connectivity index (χ0n) is 41.1. The summed E-state index contributed by atoms with van der Waals surface area (Å²) < 4.78 is 47.7. The molecular weight excluding hydrogens is 847 g/mol. The first-order valence-corrected chi connectivity index (χ1v) is 27.8. The summed E-state index contributed by atoms with van der Waals surface area (Å²) in [5, 5.41) is 44.8. The number of amides is 1. The molecule has 7 unspecified atom stereocenters. The minimum Gasteiger partial charge on any atom is -0.394 e. The maximum atomic E-state index is 13.1. The minimum atomic E-state index is -5.09. The molecular formula is C52H97NO11S. The molecule has 65 heavy (non-hydrogen) atoms. The molecule has 12 nitrogen and oxygen atoms in total. The van der Waals surface area contributed by atoms with E-state index in [0.717, 1.165) is 64.2 Å². The van der Waals surface area contributed by atoms with E-state index in [4.69, 9.17) is 9.47 Å². The predicted octanol–water partition coefficient (Wildman–Crippen LogP) is 11.4. The number of unbranched alkanes of at least 4 members (excludes halogenated alkanes) is 30. The Balaban J connectivity index is 2.43. The van der Waals surface area contributed by atoms with Crippen LogP contribution in [-0.4, -0.2) is 95.4 Å². The van der Waals surface area contributed by atoms with E-state index in [0.29, 0.717) is 6.42 Å². The topological polar surface area (TPSA) is 192 Å². The number of allylic oxidation sites excluding steroid dienone is 5. The van der Waals surface area contributed by atoms with Gasteiger partial charge >= 0.3 is 10.4 Å². The van der Waals surface area contributed by atoms with E-state index in [1.807, 2.05) is 6.08 Å². The fourth-order valence-corrected chi connectivity index (χ4v) is 8.84. The van der Waals surface area contributed by atoms with Gasteiger partial charge in [-0.3, -0.25) is 9.35 Å². The summed E-state index contributed by atoms with van der Waals surface area (Å²) in [5.41, 5.74) is 0. The number of carbonyl (C=O) groups excluding carboxylic acids is 1. The largest absolute Gasteiger partial charge is 0.397 e. The number of rotatable bonds is 45. The Labute approximate surface area is 396 Å². The number of hydrogen-bond donors (Lipinski definition) is 6. The number of hydrogen-bond acceptors (Lipinski definition) is 10. The quantitative estimate of drug-likeness (QED) is 0.0147. The smallest absolute Gasteiger partial charge is 0.394 e. The zero-order chi connectivity index (χ0) is 47.6. The molecule has 1 heterocycles. The van der Waals surface area contributed by atoms with Gasteiger partial charge in [0.2, 0.25) is 5.91 Å². The van der Waals surface area contributed by atoms with E-state index in [9.17, 15) is 38.2 Å². The van der Waals surface area contributed by atoms with E-state index in [2.05, 4.69) is 47.7 Å². The van der Waals surface area contributed by atoms with E-state index in [-0.39, 0.29) is 18.9 Å². The average Bonchev–Trinajstić information content (AvgIpc) is 3.28. The lowest BCUT2D eigenvalue weighted by Gasteiger charge is -2.41. The molecule has 7 atom stereocenters. The van der Waals surface area contributed by atoms with Crippen LogP contribution < -0.4 is 5.32 Å². The lowest BCUT2D eigenvalue weighted by Crippen LogP contribution is -2.61. The highest BCUT2D eigenvalue weighted by Crippen LogP contribution is 2.26. The SMILES string of the molecule is CCCCC/C=C\C=C/CCCCCCCCC(=O)NC(COC1OC(CO)C(O)C(OS(=O)(=O)O)C1O)C(O)/C=C/CCCCCCCCCCCCCCCCCCCCCCC. The number of nitrogens with one attached hydrogen (secondary N) is 1. The molecule has 6 N–H and O–H groups in total. The van der Waals surface area contributed by atoms with Crippen LogP contribution in [0, 0.1) is 0 Å². The normalized spacial score (nSPS) is 20.4. The first-order chi connectivity index (χ1) is 31.5. The summed E-state index contributed by atoms with van der Waals surface area (Å²) in [6.45, 7) is 3.37. The molecule has 1 saturated heterocycles. The van der Waals surface area contributed by atoms with Gasteiger partial charge in [0.1, 0.15) is 24.4 Å². The van der Waals surface area contributed by atoms with Gasteiger partial charge in [0, 0.05) is 6.42 Å². The molecule has 0 bridgehead atoms. The molecule has 0 saturated carbocycles. The first-order valence-electron chi connectivity index (χ1n) is 26.4. The summed E-state index contributed by atoms with van der Waals surface area (Å²) >= 11 is 0. The fraction of sp³-hybridized carbons (Fsp3) is 0.865. The Morgan fingerprint density at radius 2 is 1.02 bits per heavy atom. The van der Waals surface area contributed by atoms with Gasteiger partial charge in [-0.05, 0) is 44.9 Å². The Hall–Kier alpha value is -1.68. The van der Waals surface area contributed by atoms with Gasteiger partial charge in [0.15, 0.2) is 6.29 Å². The standard InChI is InChI=1S/C52H97NO11S/c1-3-5-7-9-11-13-15-17-19-20-21-22-23-24-25-26-28-29-31-33-35-37-39-41-46(55)45(44-62-52-50(58)51(64-65(59,60)61)49(57)47(43-54)63-52)53-48(56)42-40-38-36-34-32-30-27-18-16-14-12-10-8-6-4-2/h12,14,16,18,39,41,45-47,49-52,54-55,57-58H,3-11,13,15,17,19-38,40,42-44H2,1-2H3,(H,53,56)(H,59,60,61)/b14-12-,18-16-,41-39+. The monoisotopic (exact) mass is 944 g/mol. The van der Waals surface area contributed by atoms with E-state index in [1.54, 1.807) is 6.08 Å². The van der Waals surface area contributed by atoms with Gasteiger partial charge in [-0.25, -0.2) is 4.18 Å². The van der Waals surface area contributed by atoms with Crippen LogP contribution in [0.25, 0.3) is 0 Å². The molecule has 0 aromatic rings. The van der Waals surface area contributed by atoms with Crippen molar-refractivity contribution in [2.75, 3.05) is 13.2 Å². The number of carbonyl (C=O) groups is 1. The Bertz CT molecular complexity index is 1300. The zero-order valence-corrected chi connectivity index (χ0v) is 41.9. The molecule has 0 aromatic carbocycles. The third-order valence-electron chi connectivity index (χ3n) is 12.4. The van der Waals surface area contributed by atoms with Crippen molar-refractivity contribution in [3.8, 4) is 0 Å². The minimum absolute atomic E-state index is 0.255. The van der Waals surface area contributed by atoms with Crippen LogP contribution >= 0.6 is 0 Å². The molecule has 0 aliphatic carbocycles. The van der Waals surface area contributed by atoms with Crippen molar-refractivity contribution < 1.29 is 51.8 Å². The van der Waals surface area contributed by atoms with Crippen molar-refractivity contribution in [1.82, 2.24) is 5.32 Å². The van der Waals surface area contributed by atoms with Crippen molar-refractivity contribution in [2.45, 2.75) is 275 Å². The Morgan fingerprint density at radius 1 is 0.615 bits per heavy atom. The van der Waals surface area contributed by atoms with E-state index < -0.39 is 59.9 Å². The second kappa shape index (κ2) is 42.4. The van der Waals surface area contributed by atoms with Gasteiger partial charge in [-0.1, -0.05) is 217 Å². The highest BCUT2D eigenvalue weighted by atomic mass is 32.3. The Kier molecular flexibility index (Phi) is 40.0. The third-order valence-corrected chi connectivity index (χ3v) is 12.9. The van der Waals surface area contributed by atoms with Crippen LogP contribution in [0.3, 0.4) is 0 Å². The lowest BCUT2D eigenvalue weighted by atomic mass is 9.99. The molecule has 13 heteroatoms. The molecule has 0 aromatic heterocycles. The molecule has 0 radical (unpaired) electrons. The highest BCUT2D eigenvalue weighted by Gasteiger charge is 2.48.